The van der Waals surface area contributed by atoms with Gasteiger partial charge in [0.2, 0.25) is 0 Å². The Labute approximate surface area is 145 Å². The number of amides is 1. The molecule has 126 valence electrons. The third-order valence-electron chi connectivity index (χ3n) is 3.72. The summed E-state index contributed by atoms with van der Waals surface area (Å²) in [5.41, 5.74) is 2.88. The number of nitrogens with one attached hydrogen (secondary N) is 2. The summed E-state index contributed by atoms with van der Waals surface area (Å²) < 4.78 is 10.9. The summed E-state index contributed by atoms with van der Waals surface area (Å²) in [6, 6.07) is 10.7. The molecule has 3 rings (SSSR count). The fourth-order valence-corrected chi connectivity index (χ4v) is 2.50. The molecule has 2 aromatic carbocycles. The highest BCUT2D eigenvalue weighted by molar-refractivity contribution is 5.97. The van der Waals surface area contributed by atoms with Gasteiger partial charge >= 0.3 is 0 Å². The molecular formula is C19H17N3O3. The molecule has 0 fully saturated rings. The van der Waals surface area contributed by atoms with E-state index in [4.69, 9.17) is 15.9 Å². The Kier molecular flexibility index (Phi) is 4.57. The minimum atomic E-state index is -0.148. The molecule has 0 radical (unpaired) electrons. The Morgan fingerprint density at radius 3 is 2.88 bits per heavy atom. The van der Waals surface area contributed by atoms with Gasteiger partial charge in [0, 0.05) is 18.7 Å². The quantitative estimate of drug-likeness (QED) is 0.703. The van der Waals surface area contributed by atoms with Crippen LogP contribution in [-0.2, 0) is 0 Å². The van der Waals surface area contributed by atoms with Crippen LogP contribution < -0.4 is 14.8 Å². The zero-order valence-corrected chi connectivity index (χ0v) is 13.9. The second-order valence-corrected chi connectivity index (χ2v) is 5.25. The molecule has 1 heterocycles. The van der Waals surface area contributed by atoms with Crippen LogP contribution in [0.5, 0.6) is 11.5 Å². The van der Waals surface area contributed by atoms with Crippen molar-refractivity contribution in [3.05, 3.63) is 42.0 Å². The molecule has 0 saturated carbocycles. The number of benzene rings is 2. The lowest BCUT2D eigenvalue weighted by atomic mass is 10.2. The molecule has 0 saturated heterocycles. The number of terminal acetylenes is 1. The van der Waals surface area contributed by atoms with E-state index >= 15 is 0 Å². The predicted octanol–water partition coefficient (Wildman–Crippen LogP) is 2.61. The van der Waals surface area contributed by atoms with E-state index in [9.17, 15) is 4.79 Å². The average Bonchev–Trinajstić information content (AvgIpc) is 3.08. The molecule has 0 bridgehead atoms. The highest BCUT2D eigenvalue weighted by Crippen LogP contribution is 2.33. The van der Waals surface area contributed by atoms with E-state index in [-0.39, 0.29) is 12.5 Å². The number of hydrogen-bond acceptors (Lipinski definition) is 4. The van der Waals surface area contributed by atoms with Gasteiger partial charge in [0.1, 0.15) is 23.9 Å². The molecule has 0 spiro atoms. The van der Waals surface area contributed by atoms with Crippen LogP contribution in [0.25, 0.3) is 22.4 Å². The van der Waals surface area contributed by atoms with Crippen molar-refractivity contribution in [3.8, 4) is 35.2 Å². The molecule has 0 atom stereocenters. The number of nitrogens with zero attached hydrogens (tertiary/aromatic N) is 1. The number of imidazole rings is 1. The maximum atomic E-state index is 11.8. The highest BCUT2D eigenvalue weighted by atomic mass is 16.5. The van der Waals surface area contributed by atoms with Crippen LogP contribution >= 0.6 is 0 Å². The monoisotopic (exact) mass is 335 g/mol. The zero-order chi connectivity index (χ0) is 17.8. The number of aromatic nitrogens is 2. The second-order valence-electron chi connectivity index (χ2n) is 5.25. The number of rotatable bonds is 5. The van der Waals surface area contributed by atoms with Gasteiger partial charge in [0.15, 0.2) is 0 Å². The minimum Gasteiger partial charge on any atom is -0.496 e. The Morgan fingerprint density at radius 2 is 2.16 bits per heavy atom. The first-order chi connectivity index (χ1) is 12.2. The third kappa shape index (κ3) is 3.26. The topological polar surface area (TPSA) is 76.2 Å². The van der Waals surface area contributed by atoms with Gasteiger partial charge in [-0.05, 0) is 30.3 Å². The molecule has 6 heteroatoms. The number of carbonyl (C=O) groups is 1. The summed E-state index contributed by atoms with van der Waals surface area (Å²) >= 11 is 0. The maximum Gasteiger partial charge on any atom is 0.251 e. The van der Waals surface area contributed by atoms with Crippen molar-refractivity contribution in [2.75, 3.05) is 20.8 Å². The van der Waals surface area contributed by atoms with Gasteiger partial charge in [-0.3, -0.25) is 4.79 Å². The summed E-state index contributed by atoms with van der Waals surface area (Å²) in [6.07, 6.45) is 5.20. The lowest BCUT2D eigenvalue weighted by molar-refractivity contribution is 0.0963. The molecule has 6 nitrogen and oxygen atoms in total. The first kappa shape index (κ1) is 16.4. The second kappa shape index (κ2) is 6.97. The standard InChI is InChI=1S/C19H17N3O3/c1-4-9-25-13-6-7-14(17(11-13)24-3)18-21-15-8-5-12(19(23)20-2)10-16(15)22-18/h1,5-8,10-11H,9H2,2-3H3,(H,20,23)(H,21,22). The van der Waals surface area contributed by atoms with E-state index in [0.717, 1.165) is 16.6 Å². The lowest BCUT2D eigenvalue weighted by Gasteiger charge is -2.09. The fourth-order valence-electron chi connectivity index (χ4n) is 2.50. The molecule has 0 aliphatic carbocycles. The smallest absolute Gasteiger partial charge is 0.251 e. The molecule has 25 heavy (non-hydrogen) atoms. The number of aromatic amines is 1. The molecule has 3 aromatic rings. The Balaban J connectivity index is 2.01. The SMILES string of the molecule is C#CCOc1ccc(-c2nc3ccc(C(=O)NC)cc3[nH]2)c(OC)c1. The zero-order valence-electron chi connectivity index (χ0n) is 13.9. The first-order valence-corrected chi connectivity index (χ1v) is 7.62. The van der Waals surface area contributed by atoms with E-state index in [1.165, 1.54) is 0 Å². The van der Waals surface area contributed by atoms with Gasteiger partial charge in [0.05, 0.1) is 23.7 Å². The van der Waals surface area contributed by atoms with Gasteiger partial charge in [0.25, 0.3) is 5.91 Å². The summed E-state index contributed by atoms with van der Waals surface area (Å²) in [7, 11) is 3.18. The van der Waals surface area contributed by atoms with Crippen LogP contribution in [0.1, 0.15) is 10.4 Å². The van der Waals surface area contributed by atoms with Crippen LogP contribution in [0.2, 0.25) is 0 Å². The van der Waals surface area contributed by atoms with Gasteiger partial charge < -0.3 is 19.8 Å². The largest absolute Gasteiger partial charge is 0.496 e. The van der Waals surface area contributed by atoms with E-state index in [1.54, 1.807) is 44.5 Å². The van der Waals surface area contributed by atoms with Crippen molar-refractivity contribution < 1.29 is 14.3 Å². The number of fused-ring (bicyclic) bond motifs is 1. The van der Waals surface area contributed by atoms with Crippen molar-refractivity contribution in [2.45, 2.75) is 0 Å². The van der Waals surface area contributed by atoms with Crippen LogP contribution in [0, 0.1) is 12.3 Å². The van der Waals surface area contributed by atoms with E-state index in [0.29, 0.717) is 22.9 Å². The third-order valence-corrected chi connectivity index (χ3v) is 3.72. The van der Waals surface area contributed by atoms with Crippen molar-refractivity contribution in [1.82, 2.24) is 15.3 Å². The summed E-state index contributed by atoms with van der Waals surface area (Å²) in [5, 5.41) is 2.60. The molecule has 2 N–H and O–H groups in total. The molecule has 0 aliphatic heterocycles. The fraction of sp³-hybridized carbons (Fsp3) is 0.158. The van der Waals surface area contributed by atoms with Gasteiger partial charge in [-0.1, -0.05) is 5.92 Å². The average molecular weight is 335 g/mol. The van der Waals surface area contributed by atoms with Crippen LogP contribution in [0.15, 0.2) is 36.4 Å². The first-order valence-electron chi connectivity index (χ1n) is 7.62. The Bertz CT molecular complexity index is 970. The van der Waals surface area contributed by atoms with Crippen LogP contribution in [0.4, 0.5) is 0 Å². The number of methoxy groups -OCH3 is 1. The minimum absolute atomic E-state index is 0.148. The highest BCUT2D eigenvalue weighted by Gasteiger charge is 2.13. The molecule has 1 aromatic heterocycles. The predicted molar refractivity (Wildman–Crippen MR) is 95.8 cm³/mol. The van der Waals surface area contributed by atoms with E-state index < -0.39 is 0 Å². The summed E-state index contributed by atoms with van der Waals surface area (Å²) in [6.45, 7) is 0.190. The van der Waals surface area contributed by atoms with E-state index in [2.05, 4.69) is 21.2 Å². The van der Waals surface area contributed by atoms with Crippen LogP contribution in [-0.4, -0.2) is 36.6 Å². The van der Waals surface area contributed by atoms with Crippen molar-refractivity contribution >= 4 is 16.9 Å². The normalized spacial score (nSPS) is 10.3. The number of carbonyl (C=O) groups excluding carboxylic acids is 1. The number of H-pyrrole nitrogens is 1. The van der Waals surface area contributed by atoms with Crippen LogP contribution in [0.3, 0.4) is 0 Å². The Morgan fingerprint density at radius 1 is 1.32 bits per heavy atom. The van der Waals surface area contributed by atoms with Gasteiger partial charge in [-0.15, -0.1) is 6.42 Å². The van der Waals surface area contributed by atoms with E-state index in [1.807, 2.05) is 6.07 Å². The molecule has 1 amide bonds. The summed E-state index contributed by atoms with van der Waals surface area (Å²) in [4.78, 5) is 19.6. The molecular weight excluding hydrogens is 318 g/mol. The molecule has 0 unspecified atom stereocenters. The lowest BCUT2D eigenvalue weighted by Crippen LogP contribution is -2.17. The number of hydrogen-bond donors (Lipinski definition) is 2. The van der Waals surface area contributed by atoms with Gasteiger partial charge in [-0.2, -0.15) is 0 Å². The molecule has 0 aliphatic rings. The maximum absolute atomic E-state index is 11.8. The van der Waals surface area contributed by atoms with Crippen molar-refractivity contribution in [1.29, 1.82) is 0 Å². The van der Waals surface area contributed by atoms with Crippen molar-refractivity contribution in [3.63, 3.8) is 0 Å². The van der Waals surface area contributed by atoms with Gasteiger partial charge in [-0.25, -0.2) is 4.98 Å². The summed E-state index contributed by atoms with van der Waals surface area (Å²) in [5.74, 6) is 4.15. The van der Waals surface area contributed by atoms with Crippen molar-refractivity contribution in [2.24, 2.45) is 0 Å². The number of ether oxygens (including phenoxy) is 2. The Hall–Kier alpha value is -3.46.